The first-order valence-corrected chi connectivity index (χ1v) is 12.3. The van der Waals surface area contributed by atoms with Crippen molar-refractivity contribution in [2.45, 2.75) is 32.3 Å². The molecule has 4 heteroatoms. The molecule has 0 bridgehead atoms. The third kappa shape index (κ3) is 3.89. The lowest BCUT2D eigenvalue weighted by Crippen LogP contribution is -2.23. The van der Waals surface area contributed by atoms with E-state index in [9.17, 15) is 5.11 Å². The number of aromatic hydroxyl groups is 1. The van der Waals surface area contributed by atoms with Gasteiger partial charge in [0.05, 0.1) is 17.4 Å². The summed E-state index contributed by atoms with van der Waals surface area (Å²) in [7, 11) is 0. The van der Waals surface area contributed by atoms with Crippen molar-refractivity contribution < 1.29 is 9.84 Å². The number of nitrogens with zero attached hydrogens (tertiary/aromatic N) is 2. The maximum atomic E-state index is 10.5. The Hall–Kier alpha value is -3.92. The average Bonchev–Trinajstić information content (AvgIpc) is 2.87. The van der Waals surface area contributed by atoms with E-state index in [4.69, 9.17) is 9.72 Å². The van der Waals surface area contributed by atoms with Crippen LogP contribution < -0.4 is 4.74 Å². The van der Waals surface area contributed by atoms with Crippen LogP contribution in [0.1, 0.15) is 43.0 Å². The smallest absolute Gasteiger partial charge is 0.217 e. The molecule has 0 aliphatic heterocycles. The van der Waals surface area contributed by atoms with Crippen molar-refractivity contribution >= 4 is 5.57 Å². The molecule has 3 unspecified atom stereocenters. The van der Waals surface area contributed by atoms with Crippen LogP contribution in [0.4, 0.5) is 0 Å². The fourth-order valence-electron chi connectivity index (χ4n) is 5.51. The summed E-state index contributed by atoms with van der Waals surface area (Å²) in [5.74, 6) is 2.00. The van der Waals surface area contributed by atoms with Crippen LogP contribution in [-0.4, -0.2) is 21.2 Å². The largest absolute Gasteiger partial charge is 0.507 e. The Morgan fingerprint density at radius 1 is 0.914 bits per heavy atom. The second-order valence-electron chi connectivity index (χ2n) is 9.65. The molecule has 1 N–H and O–H groups in total. The van der Waals surface area contributed by atoms with E-state index in [0.717, 1.165) is 12.1 Å². The van der Waals surface area contributed by atoms with Gasteiger partial charge in [0.2, 0.25) is 5.88 Å². The van der Waals surface area contributed by atoms with Crippen molar-refractivity contribution in [3.05, 3.63) is 113 Å². The van der Waals surface area contributed by atoms with Gasteiger partial charge in [-0.15, -0.1) is 0 Å². The number of hydrogen-bond donors (Lipinski definition) is 1. The predicted octanol–water partition coefficient (Wildman–Crippen LogP) is 6.85. The highest BCUT2D eigenvalue weighted by Crippen LogP contribution is 2.49. The monoisotopic (exact) mass is 460 g/mol. The van der Waals surface area contributed by atoms with Gasteiger partial charge in [-0.25, -0.2) is 4.98 Å². The number of phenols is 1. The second kappa shape index (κ2) is 8.70. The van der Waals surface area contributed by atoms with Crippen LogP contribution in [-0.2, 0) is 0 Å². The molecule has 35 heavy (non-hydrogen) atoms. The van der Waals surface area contributed by atoms with Crippen LogP contribution in [0.2, 0.25) is 0 Å². The zero-order valence-corrected chi connectivity index (χ0v) is 19.9. The maximum Gasteiger partial charge on any atom is 0.217 e. The first kappa shape index (κ1) is 21.6. The Bertz CT molecular complexity index is 1410. The molecule has 0 saturated carbocycles. The normalized spacial score (nSPS) is 22.1. The Morgan fingerprint density at radius 2 is 1.69 bits per heavy atom. The predicted molar refractivity (Wildman–Crippen MR) is 139 cm³/mol. The molecule has 3 aliphatic rings. The van der Waals surface area contributed by atoms with Crippen molar-refractivity contribution in [1.29, 1.82) is 0 Å². The molecule has 6 rings (SSSR count). The van der Waals surface area contributed by atoms with Crippen molar-refractivity contribution in [3.63, 3.8) is 0 Å². The van der Waals surface area contributed by atoms with E-state index in [2.05, 4.69) is 65.7 Å². The number of fused-ring (bicyclic) bond motifs is 4. The average molecular weight is 461 g/mol. The lowest BCUT2D eigenvalue weighted by atomic mass is 9.67. The summed E-state index contributed by atoms with van der Waals surface area (Å²) in [6.07, 6.45) is 14.4. The molecule has 0 spiro atoms. The minimum Gasteiger partial charge on any atom is -0.507 e. The molecular weight excluding hydrogens is 432 g/mol. The topological polar surface area (TPSA) is 55.2 Å². The summed E-state index contributed by atoms with van der Waals surface area (Å²) in [6.45, 7) is 3.98. The molecule has 3 aromatic rings. The van der Waals surface area contributed by atoms with Crippen LogP contribution in [0.15, 0.2) is 96.6 Å². The third-order valence-electron chi connectivity index (χ3n) is 7.04. The number of benzene rings is 2. The molecule has 4 nitrogen and oxygen atoms in total. The quantitative estimate of drug-likeness (QED) is 0.462. The van der Waals surface area contributed by atoms with E-state index in [1.165, 1.54) is 22.3 Å². The second-order valence-corrected chi connectivity index (χ2v) is 9.65. The van der Waals surface area contributed by atoms with Gasteiger partial charge in [0.25, 0.3) is 0 Å². The zero-order chi connectivity index (χ0) is 23.9. The fourth-order valence-corrected chi connectivity index (χ4v) is 5.51. The van der Waals surface area contributed by atoms with E-state index in [0.29, 0.717) is 29.1 Å². The highest BCUT2D eigenvalue weighted by molar-refractivity contribution is 5.83. The van der Waals surface area contributed by atoms with Crippen LogP contribution in [0.25, 0.3) is 17.0 Å². The standard InChI is InChI=1S/C31H28N2O2/c1-19(2)35-30-18-28(32-31(33-30)25-13-7-8-14-29(25)34)27-17-26-21-10-4-3-9-20(21)15-16-24(26)22-11-5-6-12-23(22)27/h3-16,18-21,27,34H,17H2,1-2H3. The molecular formula is C31H28N2O2. The van der Waals surface area contributed by atoms with Gasteiger partial charge in [0, 0.05) is 23.8 Å². The summed E-state index contributed by atoms with van der Waals surface area (Å²) in [5, 5.41) is 10.5. The fraction of sp³-hybridized carbons (Fsp3) is 0.226. The maximum absolute atomic E-state index is 10.5. The highest BCUT2D eigenvalue weighted by atomic mass is 16.5. The summed E-state index contributed by atoms with van der Waals surface area (Å²) >= 11 is 0. The molecule has 3 atom stereocenters. The van der Waals surface area contributed by atoms with Crippen molar-refractivity contribution in [2.24, 2.45) is 11.8 Å². The zero-order valence-electron chi connectivity index (χ0n) is 19.9. The van der Waals surface area contributed by atoms with Crippen LogP contribution in [0.5, 0.6) is 11.6 Å². The van der Waals surface area contributed by atoms with Crippen molar-refractivity contribution in [3.8, 4) is 23.0 Å². The Kier molecular flexibility index (Phi) is 5.37. The van der Waals surface area contributed by atoms with Crippen LogP contribution >= 0.6 is 0 Å². The highest BCUT2D eigenvalue weighted by Gasteiger charge is 2.35. The summed E-state index contributed by atoms with van der Waals surface area (Å²) in [5.41, 5.74) is 6.84. The van der Waals surface area contributed by atoms with Gasteiger partial charge in [0.15, 0.2) is 5.82 Å². The number of rotatable bonds is 4. The minimum absolute atomic E-state index is 0.0219. The molecule has 0 fully saturated rings. The van der Waals surface area contributed by atoms with Gasteiger partial charge in [-0.3, -0.25) is 0 Å². The number of phenolic OH excluding ortho intramolecular Hbond substituents is 1. The number of hydrogen-bond acceptors (Lipinski definition) is 4. The number of para-hydroxylation sites is 1. The molecule has 174 valence electrons. The van der Waals surface area contributed by atoms with Crippen LogP contribution in [0.3, 0.4) is 0 Å². The van der Waals surface area contributed by atoms with E-state index in [1.807, 2.05) is 32.0 Å². The molecule has 1 aromatic heterocycles. The van der Waals surface area contributed by atoms with Crippen molar-refractivity contribution in [1.82, 2.24) is 9.97 Å². The van der Waals surface area contributed by atoms with Gasteiger partial charge < -0.3 is 9.84 Å². The van der Waals surface area contributed by atoms with E-state index in [1.54, 1.807) is 12.1 Å². The van der Waals surface area contributed by atoms with E-state index in [-0.39, 0.29) is 17.8 Å². The SMILES string of the molecule is CC(C)Oc1cc(C2CC3=C(C=CC4C=CC=CC34)c3ccccc32)nc(-c2ccccc2O)n1. The van der Waals surface area contributed by atoms with E-state index < -0.39 is 0 Å². The first-order chi connectivity index (χ1) is 17.1. The molecule has 2 aromatic carbocycles. The minimum atomic E-state index is -0.0219. The van der Waals surface area contributed by atoms with Gasteiger partial charge in [-0.2, -0.15) is 4.98 Å². The Labute approximate surface area is 206 Å². The summed E-state index contributed by atoms with van der Waals surface area (Å²) < 4.78 is 6.05. The van der Waals surface area contributed by atoms with Gasteiger partial charge in [0.1, 0.15) is 5.75 Å². The van der Waals surface area contributed by atoms with Gasteiger partial charge in [-0.1, -0.05) is 78.4 Å². The summed E-state index contributed by atoms with van der Waals surface area (Å²) in [6, 6.07) is 17.8. The molecule has 3 aliphatic carbocycles. The third-order valence-corrected chi connectivity index (χ3v) is 7.04. The summed E-state index contributed by atoms with van der Waals surface area (Å²) in [4.78, 5) is 9.68. The number of ether oxygens (including phenoxy) is 1. The van der Waals surface area contributed by atoms with E-state index >= 15 is 0 Å². The van der Waals surface area contributed by atoms with Crippen LogP contribution in [0, 0.1) is 11.8 Å². The van der Waals surface area contributed by atoms with Crippen molar-refractivity contribution in [2.75, 3.05) is 0 Å². The molecule has 0 radical (unpaired) electrons. The first-order valence-electron chi connectivity index (χ1n) is 12.3. The van der Waals surface area contributed by atoms with Gasteiger partial charge >= 0.3 is 0 Å². The Balaban J connectivity index is 1.51. The lowest BCUT2D eigenvalue weighted by molar-refractivity contribution is 0.232. The molecule has 0 amide bonds. The molecule has 1 heterocycles. The van der Waals surface area contributed by atoms with Gasteiger partial charge in [-0.05, 0) is 49.1 Å². The molecule has 0 saturated heterocycles. The Morgan fingerprint density at radius 3 is 2.51 bits per heavy atom. The number of allylic oxidation sites excluding steroid dienone is 8. The lowest BCUT2D eigenvalue weighted by Gasteiger charge is -2.37. The number of aromatic nitrogens is 2.